The molecule has 2 saturated heterocycles. The lowest BCUT2D eigenvalue weighted by Crippen LogP contribution is -2.49. The van der Waals surface area contributed by atoms with Crippen LogP contribution in [-0.2, 0) is 14.8 Å². The van der Waals surface area contributed by atoms with Crippen LogP contribution < -0.4 is 9.80 Å². The first-order valence-electron chi connectivity index (χ1n) is 9.93. The monoisotopic (exact) mass is 417 g/mol. The smallest absolute Gasteiger partial charge is 0.243 e. The summed E-state index contributed by atoms with van der Waals surface area (Å²) in [6, 6.07) is 7.52. The Bertz CT molecular complexity index is 968. The lowest BCUT2D eigenvalue weighted by molar-refractivity contribution is 0.122. The molecule has 3 heterocycles. The molecule has 4 rings (SSSR count). The van der Waals surface area contributed by atoms with Gasteiger partial charge in [0.15, 0.2) is 5.82 Å². The normalized spacial score (nSPS) is 18.8. The van der Waals surface area contributed by atoms with Gasteiger partial charge in [0.05, 0.1) is 30.0 Å². The first-order valence-corrected chi connectivity index (χ1v) is 11.4. The van der Waals surface area contributed by atoms with Gasteiger partial charge in [-0.2, -0.15) is 9.40 Å². The average molecular weight is 418 g/mol. The second-order valence-electron chi connectivity index (χ2n) is 7.53. The molecular weight excluding hydrogens is 390 g/mol. The minimum atomic E-state index is -3.48. The third-order valence-corrected chi connectivity index (χ3v) is 7.57. The number of morpholine rings is 1. The summed E-state index contributed by atoms with van der Waals surface area (Å²) in [7, 11) is -3.48. The Hall–Kier alpha value is -2.23. The number of piperazine rings is 1. The van der Waals surface area contributed by atoms with Crippen molar-refractivity contribution in [3.05, 3.63) is 41.6 Å². The van der Waals surface area contributed by atoms with Crippen LogP contribution in [0.15, 0.2) is 35.4 Å². The molecule has 0 amide bonds. The third-order valence-electron chi connectivity index (χ3n) is 5.51. The number of ether oxygens (including phenoxy) is 1. The summed E-state index contributed by atoms with van der Waals surface area (Å²) in [5, 5.41) is 8.42. The third kappa shape index (κ3) is 4.22. The highest BCUT2D eigenvalue weighted by Crippen LogP contribution is 2.25. The van der Waals surface area contributed by atoms with E-state index in [1.54, 1.807) is 16.6 Å². The Morgan fingerprint density at radius 3 is 2.34 bits per heavy atom. The van der Waals surface area contributed by atoms with E-state index in [1.165, 1.54) is 0 Å². The number of rotatable bonds is 4. The highest BCUT2D eigenvalue weighted by atomic mass is 32.2. The van der Waals surface area contributed by atoms with Crippen LogP contribution in [0.3, 0.4) is 0 Å². The van der Waals surface area contributed by atoms with Crippen LogP contribution in [0.2, 0.25) is 0 Å². The molecule has 1 aromatic heterocycles. The minimum Gasteiger partial charge on any atom is -0.378 e. The summed E-state index contributed by atoms with van der Waals surface area (Å²) >= 11 is 0. The lowest BCUT2D eigenvalue weighted by atomic mass is 10.2. The highest BCUT2D eigenvalue weighted by Gasteiger charge is 2.30. The molecule has 0 aliphatic carbocycles. The number of aryl methyl sites for hydroxylation is 2. The van der Waals surface area contributed by atoms with Gasteiger partial charge in [0, 0.05) is 45.3 Å². The molecule has 156 valence electrons. The van der Waals surface area contributed by atoms with Crippen LogP contribution in [0, 0.1) is 13.8 Å². The Morgan fingerprint density at radius 1 is 0.931 bits per heavy atom. The van der Waals surface area contributed by atoms with E-state index in [1.807, 2.05) is 32.0 Å². The zero-order chi connectivity index (χ0) is 20.4. The summed E-state index contributed by atoms with van der Waals surface area (Å²) in [4.78, 5) is 4.74. The van der Waals surface area contributed by atoms with Gasteiger partial charge in [0.2, 0.25) is 10.0 Å². The maximum absolute atomic E-state index is 13.1. The van der Waals surface area contributed by atoms with Crippen LogP contribution in [0.25, 0.3) is 0 Å². The summed E-state index contributed by atoms with van der Waals surface area (Å²) in [5.74, 6) is 0.844. The van der Waals surface area contributed by atoms with Gasteiger partial charge >= 0.3 is 0 Å². The fourth-order valence-corrected chi connectivity index (χ4v) is 5.51. The average Bonchev–Trinajstić information content (AvgIpc) is 2.74. The first-order chi connectivity index (χ1) is 13.9. The second-order valence-corrected chi connectivity index (χ2v) is 9.44. The fraction of sp³-hybridized carbons (Fsp3) is 0.500. The quantitative estimate of drug-likeness (QED) is 0.745. The molecule has 9 heteroatoms. The lowest BCUT2D eigenvalue weighted by Gasteiger charge is -2.36. The van der Waals surface area contributed by atoms with Crippen molar-refractivity contribution in [1.29, 1.82) is 0 Å². The van der Waals surface area contributed by atoms with Crippen LogP contribution in [0.4, 0.5) is 11.5 Å². The van der Waals surface area contributed by atoms with Crippen LogP contribution in [0.5, 0.6) is 0 Å². The van der Waals surface area contributed by atoms with Gasteiger partial charge in [0.25, 0.3) is 0 Å². The number of hydrogen-bond acceptors (Lipinski definition) is 7. The van der Waals surface area contributed by atoms with Gasteiger partial charge in [-0.3, -0.25) is 0 Å². The van der Waals surface area contributed by atoms with Crippen LogP contribution in [-0.4, -0.2) is 75.4 Å². The van der Waals surface area contributed by atoms with Crippen molar-refractivity contribution in [3.63, 3.8) is 0 Å². The molecular formula is C20H27N5O3S. The Morgan fingerprint density at radius 2 is 1.66 bits per heavy atom. The van der Waals surface area contributed by atoms with E-state index in [9.17, 15) is 8.42 Å². The number of benzene rings is 1. The Labute approximate surface area is 172 Å². The van der Waals surface area contributed by atoms with Gasteiger partial charge in [0.1, 0.15) is 0 Å². The number of aromatic nitrogens is 2. The topological polar surface area (TPSA) is 78.9 Å². The van der Waals surface area contributed by atoms with Crippen molar-refractivity contribution in [3.8, 4) is 0 Å². The molecule has 0 atom stereocenters. The van der Waals surface area contributed by atoms with Crippen molar-refractivity contribution in [2.75, 3.05) is 62.3 Å². The van der Waals surface area contributed by atoms with Gasteiger partial charge in [-0.1, -0.05) is 17.7 Å². The van der Waals surface area contributed by atoms with Crippen LogP contribution in [0.1, 0.15) is 11.1 Å². The van der Waals surface area contributed by atoms with E-state index in [4.69, 9.17) is 4.74 Å². The largest absolute Gasteiger partial charge is 0.378 e. The number of nitrogens with zero attached hydrogens (tertiary/aromatic N) is 5. The van der Waals surface area contributed by atoms with E-state index >= 15 is 0 Å². The van der Waals surface area contributed by atoms with Crippen molar-refractivity contribution < 1.29 is 13.2 Å². The summed E-state index contributed by atoms with van der Waals surface area (Å²) in [5.41, 5.74) is 2.83. The summed E-state index contributed by atoms with van der Waals surface area (Å²) < 4.78 is 33.2. The molecule has 0 bridgehead atoms. The zero-order valence-electron chi connectivity index (χ0n) is 16.9. The molecule has 29 heavy (non-hydrogen) atoms. The van der Waals surface area contributed by atoms with Crippen molar-refractivity contribution in [2.24, 2.45) is 0 Å². The molecule has 2 aromatic rings. The van der Waals surface area contributed by atoms with Gasteiger partial charge in [-0.15, -0.1) is 5.10 Å². The van der Waals surface area contributed by atoms with Crippen LogP contribution >= 0.6 is 0 Å². The molecule has 0 radical (unpaired) electrons. The van der Waals surface area contributed by atoms with Crippen molar-refractivity contribution in [1.82, 2.24) is 14.5 Å². The summed E-state index contributed by atoms with van der Waals surface area (Å²) in [6.07, 6.45) is 1.75. The summed E-state index contributed by atoms with van der Waals surface area (Å²) in [6.45, 7) is 8.97. The molecule has 2 fully saturated rings. The Balaban J connectivity index is 1.45. The second kappa shape index (κ2) is 8.25. The standard InChI is InChI=1S/C20H27N5O3S/c1-16-3-4-19(17(2)13-16)29(26,27)25-7-5-23(6-8-25)18-14-20(22-21-15-18)24-9-11-28-12-10-24/h3-4,13-15H,5-12H2,1-2H3. The van der Waals surface area contributed by atoms with Crippen molar-refractivity contribution >= 4 is 21.5 Å². The Kier molecular flexibility index (Phi) is 5.71. The highest BCUT2D eigenvalue weighted by molar-refractivity contribution is 7.89. The van der Waals surface area contributed by atoms with E-state index in [2.05, 4.69) is 20.0 Å². The van der Waals surface area contributed by atoms with E-state index < -0.39 is 10.0 Å². The molecule has 2 aliphatic rings. The molecule has 0 saturated carbocycles. The van der Waals surface area contributed by atoms with Gasteiger partial charge < -0.3 is 14.5 Å². The van der Waals surface area contributed by atoms with E-state index in [0.29, 0.717) is 44.3 Å². The maximum atomic E-state index is 13.1. The molecule has 0 unspecified atom stereocenters. The predicted molar refractivity (Wildman–Crippen MR) is 112 cm³/mol. The minimum absolute atomic E-state index is 0.400. The van der Waals surface area contributed by atoms with Crippen molar-refractivity contribution in [2.45, 2.75) is 18.7 Å². The fourth-order valence-electron chi connectivity index (χ4n) is 3.88. The molecule has 0 N–H and O–H groups in total. The number of anilines is 2. The number of sulfonamides is 1. The number of hydrogen-bond donors (Lipinski definition) is 0. The van der Waals surface area contributed by atoms with Gasteiger partial charge in [-0.25, -0.2) is 8.42 Å². The SMILES string of the molecule is Cc1ccc(S(=O)(=O)N2CCN(c3cnnc(N4CCOCC4)c3)CC2)c(C)c1. The zero-order valence-corrected chi connectivity index (χ0v) is 17.7. The molecule has 8 nitrogen and oxygen atoms in total. The molecule has 2 aliphatic heterocycles. The maximum Gasteiger partial charge on any atom is 0.243 e. The first kappa shape index (κ1) is 20.1. The molecule has 0 spiro atoms. The van der Waals surface area contributed by atoms with E-state index in [-0.39, 0.29) is 0 Å². The predicted octanol–water partition coefficient (Wildman–Crippen LogP) is 1.44. The molecule has 1 aromatic carbocycles. The van der Waals surface area contributed by atoms with Gasteiger partial charge in [-0.05, 0) is 25.5 Å². The van der Waals surface area contributed by atoms with E-state index in [0.717, 1.165) is 35.7 Å².